The number of hydrogen-bond acceptors (Lipinski definition) is 6. The molecule has 5 rings (SSSR count). The largest absolute Gasteiger partial charge is 0.366 e. The summed E-state index contributed by atoms with van der Waals surface area (Å²) >= 11 is 0. The second-order valence-electron chi connectivity index (χ2n) is 8.17. The Bertz CT molecular complexity index is 879. The van der Waals surface area contributed by atoms with Crippen molar-refractivity contribution >= 4 is 23.4 Å². The van der Waals surface area contributed by atoms with E-state index in [2.05, 4.69) is 15.5 Å². The number of rotatable bonds is 3. The van der Waals surface area contributed by atoms with Crippen LogP contribution in [0.1, 0.15) is 28.8 Å². The zero-order valence-electron chi connectivity index (χ0n) is 16.1. The summed E-state index contributed by atoms with van der Waals surface area (Å²) in [5.41, 5.74) is 1.19. The molecule has 1 unspecified atom stereocenters. The second-order valence-corrected chi connectivity index (χ2v) is 8.17. The second kappa shape index (κ2) is 7.07. The van der Waals surface area contributed by atoms with Gasteiger partial charge in [0.2, 0.25) is 11.8 Å². The Hall–Kier alpha value is -2.52. The third kappa shape index (κ3) is 3.08. The summed E-state index contributed by atoms with van der Waals surface area (Å²) in [6.45, 7) is 5.63. The molecule has 1 aromatic carbocycles. The smallest absolute Gasteiger partial charge is 0.255 e. The first kappa shape index (κ1) is 18.5. The molecule has 3 amide bonds. The predicted octanol–water partition coefficient (Wildman–Crippen LogP) is -0.319. The zero-order chi connectivity index (χ0) is 20.1. The summed E-state index contributed by atoms with van der Waals surface area (Å²) in [5.74, 6) is -1.53. The summed E-state index contributed by atoms with van der Waals surface area (Å²) in [7, 11) is 0. The highest BCUT2D eigenvalue weighted by molar-refractivity contribution is 6.05. The first-order chi connectivity index (χ1) is 14.0. The van der Waals surface area contributed by atoms with Crippen molar-refractivity contribution in [1.29, 1.82) is 0 Å². The highest BCUT2D eigenvalue weighted by Crippen LogP contribution is 2.35. The monoisotopic (exact) mass is 401 g/mol. The van der Waals surface area contributed by atoms with E-state index in [0.29, 0.717) is 22.9 Å². The van der Waals surface area contributed by atoms with Gasteiger partial charge in [-0.05, 0) is 18.6 Å². The molecule has 154 valence electrons. The van der Waals surface area contributed by atoms with E-state index >= 15 is 4.39 Å². The van der Waals surface area contributed by atoms with Crippen LogP contribution in [0.4, 0.5) is 10.1 Å². The van der Waals surface area contributed by atoms with Gasteiger partial charge in [0.1, 0.15) is 6.04 Å². The van der Waals surface area contributed by atoms with E-state index in [9.17, 15) is 14.4 Å². The lowest BCUT2D eigenvalue weighted by Crippen LogP contribution is -2.63. The van der Waals surface area contributed by atoms with Crippen LogP contribution < -0.4 is 15.5 Å². The molecular weight excluding hydrogens is 377 g/mol. The molecule has 9 heteroatoms. The molecule has 3 saturated heterocycles. The Morgan fingerprint density at radius 3 is 2.55 bits per heavy atom. The maximum Gasteiger partial charge on any atom is 0.255 e. The molecule has 0 aliphatic carbocycles. The molecule has 0 spiro atoms. The van der Waals surface area contributed by atoms with Crippen LogP contribution in [-0.4, -0.2) is 78.9 Å². The van der Waals surface area contributed by atoms with Crippen LogP contribution in [0.25, 0.3) is 0 Å². The minimum atomic E-state index is -0.725. The molecule has 0 aromatic heterocycles. The zero-order valence-corrected chi connectivity index (χ0v) is 16.1. The average Bonchev–Trinajstić information content (AvgIpc) is 3.01. The average molecular weight is 401 g/mol. The lowest BCUT2D eigenvalue weighted by molar-refractivity contribution is -0.136. The lowest BCUT2D eigenvalue weighted by Gasteiger charge is -2.48. The Labute approximate surface area is 168 Å². The highest BCUT2D eigenvalue weighted by Gasteiger charge is 2.41. The number of nitrogens with one attached hydrogen (secondary N) is 2. The van der Waals surface area contributed by atoms with E-state index in [0.717, 1.165) is 39.3 Å². The maximum atomic E-state index is 15.3. The summed E-state index contributed by atoms with van der Waals surface area (Å²) in [6.07, 6.45) is 0.461. The van der Waals surface area contributed by atoms with Gasteiger partial charge in [0.25, 0.3) is 5.91 Å². The fraction of sp³-hybridized carbons (Fsp3) is 0.550. The van der Waals surface area contributed by atoms with Crippen molar-refractivity contribution in [1.82, 2.24) is 20.4 Å². The third-order valence-corrected chi connectivity index (χ3v) is 6.50. The Morgan fingerprint density at radius 1 is 1.07 bits per heavy atom. The molecule has 1 aromatic rings. The summed E-state index contributed by atoms with van der Waals surface area (Å²) in [6, 6.07) is 3.05. The number of piperazine rings is 1. The number of anilines is 1. The number of carbonyl (C=O) groups excluding carboxylic acids is 3. The van der Waals surface area contributed by atoms with Crippen LogP contribution in [0.3, 0.4) is 0 Å². The molecule has 8 nitrogen and oxygen atoms in total. The van der Waals surface area contributed by atoms with Crippen molar-refractivity contribution in [2.45, 2.75) is 31.5 Å². The van der Waals surface area contributed by atoms with Crippen LogP contribution >= 0.6 is 0 Å². The fourth-order valence-corrected chi connectivity index (χ4v) is 4.77. The Balaban J connectivity index is 1.31. The van der Waals surface area contributed by atoms with Crippen LogP contribution in [0.5, 0.6) is 0 Å². The summed E-state index contributed by atoms with van der Waals surface area (Å²) in [5, 5.41) is 5.61. The van der Waals surface area contributed by atoms with Gasteiger partial charge in [-0.1, -0.05) is 0 Å². The fourth-order valence-electron chi connectivity index (χ4n) is 4.77. The standard InChI is InChI=1S/C20H24FN5O3/c21-18-14-11-26(16-3-4-17(27)23-19(16)28)20(29)13(14)1-2-15(18)25-9-12(10-25)24-7-5-22-6-8-24/h1-2,12,16,22H,3-11H2,(H,23,27,28). The number of benzene rings is 1. The van der Waals surface area contributed by atoms with E-state index in [-0.39, 0.29) is 37.0 Å². The molecule has 4 heterocycles. The van der Waals surface area contributed by atoms with Gasteiger partial charge in [-0.2, -0.15) is 0 Å². The van der Waals surface area contributed by atoms with Gasteiger partial charge in [0, 0.05) is 62.9 Å². The lowest BCUT2D eigenvalue weighted by atomic mass is 10.0. The molecule has 29 heavy (non-hydrogen) atoms. The number of hydrogen-bond donors (Lipinski definition) is 2. The van der Waals surface area contributed by atoms with Gasteiger partial charge >= 0.3 is 0 Å². The van der Waals surface area contributed by atoms with E-state index in [1.807, 2.05) is 4.90 Å². The van der Waals surface area contributed by atoms with Crippen molar-refractivity contribution in [2.75, 3.05) is 44.2 Å². The third-order valence-electron chi connectivity index (χ3n) is 6.50. The molecule has 1 atom stereocenters. The van der Waals surface area contributed by atoms with E-state index in [4.69, 9.17) is 0 Å². The predicted molar refractivity (Wildman–Crippen MR) is 103 cm³/mol. The molecule has 4 aliphatic heterocycles. The molecule has 0 radical (unpaired) electrons. The Morgan fingerprint density at radius 2 is 1.83 bits per heavy atom. The van der Waals surface area contributed by atoms with Crippen molar-refractivity contribution < 1.29 is 18.8 Å². The first-order valence-corrected chi connectivity index (χ1v) is 10.2. The highest BCUT2D eigenvalue weighted by atomic mass is 19.1. The minimum absolute atomic E-state index is 0.0647. The number of piperidine rings is 1. The SMILES string of the molecule is O=C1CCC(N2Cc3c(ccc(N4CC(N5CCNCC5)C4)c3F)C2=O)C(=O)N1. The van der Waals surface area contributed by atoms with Crippen LogP contribution in [0.2, 0.25) is 0 Å². The maximum absolute atomic E-state index is 15.3. The molecule has 3 fully saturated rings. The van der Waals surface area contributed by atoms with E-state index in [1.54, 1.807) is 12.1 Å². The Kier molecular flexibility index (Phi) is 4.51. The minimum Gasteiger partial charge on any atom is -0.366 e. The quantitative estimate of drug-likeness (QED) is 0.676. The van der Waals surface area contributed by atoms with Gasteiger partial charge in [-0.15, -0.1) is 0 Å². The topological polar surface area (TPSA) is 85.0 Å². The van der Waals surface area contributed by atoms with Crippen molar-refractivity contribution in [2.24, 2.45) is 0 Å². The van der Waals surface area contributed by atoms with Gasteiger partial charge < -0.3 is 15.1 Å². The van der Waals surface area contributed by atoms with Gasteiger partial charge in [-0.25, -0.2) is 4.39 Å². The number of imide groups is 1. The van der Waals surface area contributed by atoms with Crippen LogP contribution in [0, 0.1) is 5.82 Å². The van der Waals surface area contributed by atoms with Crippen LogP contribution in [-0.2, 0) is 16.1 Å². The number of fused-ring (bicyclic) bond motifs is 1. The molecule has 0 saturated carbocycles. The molecular formula is C20H24FN5O3. The molecule has 2 N–H and O–H groups in total. The summed E-state index contributed by atoms with van der Waals surface area (Å²) in [4.78, 5) is 42.1. The van der Waals surface area contributed by atoms with E-state index < -0.39 is 11.9 Å². The number of carbonyl (C=O) groups is 3. The van der Waals surface area contributed by atoms with Crippen molar-refractivity contribution in [3.8, 4) is 0 Å². The van der Waals surface area contributed by atoms with Gasteiger partial charge in [0.15, 0.2) is 5.82 Å². The van der Waals surface area contributed by atoms with Gasteiger partial charge in [0.05, 0.1) is 12.2 Å². The first-order valence-electron chi connectivity index (χ1n) is 10.2. The van der Waals surface area contributed by atoms with Crippen LogP contribution in [0.15, 0.2) is 12.1 Å². The number of halogens is 1. The van der Waals surface area contributed by atoms with Crippen molar-refractivity contribution in [3.63, 3.8) is 0 Å². The van der Waals surface area contributed by atoms with Crippen molar-refractivity contribution in [3.05, 3.63) is 29.1 Å². The van der Waals surface area contributed by atoms with E-state index in [1.165, 1.54) is 4.90 Å². The van der Waals surface area contributed by atoms with Gasteiger partial charge in [-0.3, -0.25) is 24.6 Å². The number of amides is 3. The molecule has 0 bridgehead atoms. The number of nitrogens with zero attached hydrogens (tertiary/aromatic N) is 3. The molecule has 4 aliphatic rings. The normalized spacial score (nSPS) is 25.8. The summed E-state index contributed by atoms with van der Waals surface area (Å²) < 4.78 is 15.3.